The van der Waals surface area contributed by atoms with Gasteiger partial charge in [-0.3, -0.25) is 0 Å². The molecule has 2 aliphatic rings. The van der Waals surface area contributed by atoms with Crippen molar-refractivity contribution in [3.8, 4) is 0 Å². The number of fused-ring (bicyclic) bond motifs is 8. The summed E-state index contributed by atoms with van der Waals surface area (Å²) in [5.74, 6) is -0.318. The molecule has 0 N–H and O–H groups in total. The molecule has 0 radical (unpaired) electrons. The van der Waals surface area contributed by atoms with E-state index in [0.717, 1.165) is 15.6 Å². The normalized spacial score (nSPS) is 24.6. The lowest BCUT2D eigenvalue weighted by molar-refractivity contribution is 0.00899. The Hall–Kier alpha value is -1.65. The highest BCUT2D eigenvalue weighted by Gasteiger charge is 2.51. The van der Waals surface area contributed by atoms with Crippen LogP contribution < -0.4 is 0 Å². The summed E-state index contributed by atoms with van der Waals surface area (Å²) in [7, 11) is 1.40. The molecule has 2 heterocycles. The van der Waals surface area contributed by atoms with Crippen LogP contribution in [-0.2, 0) is 15.1 Å². The number of ether oxygens (including phenoxy) is 2. The van der Waals surface area contributed by atoms with Gasteiger partial charge in [-0.05, 0) is 53.4 Å². The zero-order chi connectivity index (χ0) is 14.8. The Balaban J connectivity index is 1.91. The van der Waals surface area contributed by atoms with Gasteiger partial charge in [-0.1, -0.05) is 28.1 Å². The minimum absolute atomic E-state index is 0.0993. The van der Waals surface area contributed by atoms with E-state index in [9.17, 15) is 4.79 Å². The molecule has 0 amide bonds. The van der Waals surface area contributed by atoms with E-state index in [1.165, 1.54) is 18.2 Å². The monoisotopic (exact) mass is 344 g/mol. The van der Waals surface area contributed by atoms with Crippen LogP contribution in [0.25, 0.3) is 0 Å². The SMILES string of the molecule is COC(=O)c1ccc2c(c1)C1OC2(C)c2cc(Br)ccc21. The molecule has 0 aliphatic carbocycles. The Morgan fingerprint density at radius 3 is 2.76 bits per heavy atom. The van der Waals surface area contributed by atoms with Crippen molar-refractivity contribution in [1.29, 1.82) is 0 Å². The van der Waals surface area contributed by atoms with E-state index in [0.29, 0.717) is 5.56 Å². The Labute approximate surface area is 131 Å². The number of esters is 1. The summed E-state index contributed by atoms with van der Waals surface area (Å²) in [5, 5.41) is 0. The van der Waals surface area contributed by atoms with Gasteiger partial charge in [0.05, 0.1) is 12.7 Å². The maximum Gasteiger partial charge on any atom is 0.337 e. The van der Waals surface area contributed by atoms with Crippen LogP contribution in [0.3, 0.4) is 0 Å². The van der Waals surface area contributed by atoms with Crippen molar-refractivity contribution in [2.75, 3.05) is 7.11 Å². The second-order valence-electron chi connectivity index (χ2n) is 5.56. The minimum atomic E-state index is -0.437. The zero-order valence-corrected chi connectivity index (χ0v) is 13.2. The highest BCUT2D eigenvalue weighted by Crippen LogP contribution is 2.58. The van der Waals surface area contributed by atoms with Crippen LogP contribution in [0.15, 0.2) is 40.9 Å². The van der Waals surface area contributed by atoms with E-state index in [-0.39, 0.29) is 12.1 Å². The molecule has 0 aromatic heterocycles. The summed E-state index contributed by atoms with van der Waals surface area (Å²) in [5.41, 5.74) is 4.69. The molecule has 2 atom stereocenters. The molecule has 0 saturated heterocycles. The lowest BCUT2D eigenvalue weighted by Crippen LogP contribution is -2.21. The second kappa shape index (κ2) is 4.18. The Morgan fingerprint density at radius 2 is 2.00 bits per heavy atom. The number of hydrogen-bond donors (Lipinski definition) is 0. The van der Waals surface area contributed by atoms with Crippen molar-refractivity contribution in [3.63, 3.8) is 0 Å². The molecule has 0 fully saturated rings. The molecule has 21 heavy (non-hydrogen) atoms. The molecule has 2 bridgehead atoms. The van der Waals surface area contributed by atoms with Gasteiger partial charge >= 0.3 is 5.97 Å². The summed E-state index contributed by atoms with van der Waals surface area (Å²) in [6.07, 6.45) is -0.0993. The third kappa shape index (κ3) is 1.60. The Kier molecular flexibility index (Phi) is 2.60. The molecule has 0 spiro atoms. The van der Waals surface area contributed by atoms with Crippen molar-refractivity contribution < 1.29 is 14.3 Å². The van der Waals surface area contributed by atoms with Crippen molar-refractivity contribution in [1.82, 2.24) is 0 Å². The first-order chi connectivity index (χ1) is 10.0. The predicted molar refractivity (Wildman–Crippen MR) is 81.3 cm³/mol. The van der Waals surface area contributed by atoms with Gasteiger partial charge in [-0.15, -0.1) is 0 Å². The summed E-state index contributed by atoms with van der Waals surface area (Å²) >= 11 is 3.52. The smallest absolute Gasteiger partial charge is 0.337 e. The average Bonchev–Trinajstić information content (AvgIpc) is 2.95. The van der Waals surface area contributed by atoms with E-state index in [1.807, 2.05) is 18.2 Å². The van der Waals surface area contributed by atoms with Crippen LogP contribution in [0.1, 0.15) is 45.6 Å². The molecular formula is C17H13BrO3. The lowest BCUT2D eigenvalue weighted by Gasteiger charge is -2.24. The fourth-order valence-electron chi connectivity index (χ4n) is 3.43. The number of methoxy groups -OCH3 is 1. The van der Waals surface area contributed by atoms with Crippen LogP contribution in [0.4, 0.5) is 0 Å². The summed E-state index contributed by atoms with van der Waals surface area (Å²) < 4.78 is 12.1. The van der Waals surface area contributed by atoms with E-state index >= 15 is 0 Å². The van der Waals surface area contributed by atoms with Gasteiger partial charge in [-0.25, -0.2) is 4.79 Å². The molecule has 4 heteroatoms. The topological polar surface area (TPSA) is 35.5 Å². The first-order valence-electron chi connectivity index (χ1n) is 6.75. The first-order valence-corrected chi connectivity index (χ1v) is 7.54. The van der Waals surface area contributed by atoms with E-state index in [4.69, 9.17) is 9.47 Å². The molecule has 106 valence electrons. The van der Waals surface area contributed by atoms with Crippen LogP contribution in [0, 0.1) is 0 Å². The Bertz CT molecular complexity index is 784. The maximum atomic E-state index is 11.7. The first kappa shape index (κ1) is 13.0. The van der Waals surface area contributed by atoms with Gasteiger partial charge in [-0.2, -0.15) is 0 Å². The maximum absolute atomic E-state index is 11.7. The number of hydrogen-bond acceptors (Lipinski definition) is 3. The quantitative estimate of drug-likeness (QED) is 0.735. The number of carbonyl (C=O) groups excluding carboxylic acids is 1. The molecular weight excluding hydrogens is 332 g/mol. The van der Waals surface area contributed by atoms with Crippen molar-refractivity contribution >= 4 is 21.9 Å². The minimum Gasteiger partial charge on any atom is -0.465 e. The van der Waals surface area contributed by atoms with E-state index < -0.39 is 5.60 Å². The summed E-state index contributed by atoms with van der Waals surface area (Å²) in [4.78, 5) is 11.7. The highest BCUT2D eigenvalue weighted by molar-refractivity contribution is 9.10. The molecule has 2 unspecified atom stereocenters. The molecule has 0 saturated carbocycles. The van der Waals surface area contributed by atoms with Crippen molar-refractivity contribution in [2.24, 2.45) is 0 Å². The zero-order valence-electron chi connectivity index (χ0n) is 11.6. The van der Waals surface area contributed by atoms with Crippen molar-refractivity contribution in [3.05, 3.63) is 68.7 Å². The predicted octanol–water partition coefficient (Wildman–Crippen LogP) is 3.93. The van der Waals surface area contributed by atoms with Gasteiger partial charge < -0.3 is 9.47 Å². The Morgan fingerprint density at radius 1 is 1.19 bits per heavy atom. The van der Waals surface area contributed by atoms with Gasteiger partial charge in [0.15, 0.2) is 0 Å². The van der Waals surface area contributed by atoms with Crippen LogP contribution in [-0.4, -0.2) is 13.1 Å². The summed E-state index contributed by atoms with van der Waals surface area (Å²) in [6, 6.07) is 11.9. The van der Waals surface area contributed by atoms with Crippen LogP contribution in [0.2, 0.25) is 0 Å². The molecule has 2 aromatic rings. The van der Waals surface area contributed by atoms with E-state index in [1.54, 1.807) is 6.07 Å². The number of benzene rings is 2. The fraction of sp³-hybridized carbons (Fsp3) is 0.235. The largest absolute Gasteiger partial charge is 0.465 e. The average molecular weight is 345 g/mol. The third-order valence-electron chi connectivity index (χ3n) is 4.43. The highest BCUT2D eigenvalue weighted by atomic mass is 79.9. The van der Waals surface area contributed by atoms with Gasteiger partial charge in [0.25, 0.3) is 0 Å². The number of carbonyl (C=O) groups is 1. The van der Waals surface area contributed by atoms with Crippen LogP contribution >= 0.6 is 15.9 Å². The second-order valence-corrected chi connectivity index (χ2v) is 6.47. The molecule has 2 aliphatic heterocycles. The summed E-state index contributed by atoms with van der Waals surface area (Å²) in [6.45, 7) is 2.09. The van der Waals surface area contributed by atoms with Gasteiger partial charge in [0.1, 0.15) is 11.7 Å². The fourth-order valence-corrected chi connectivity index (χ4v) is 3.79. The molecule has 4 rings (SSSR count). The van der Waals surface area contributed by atoms with Gasteiger partial charge in [0, 0.05) is 4.47 Å². The number of rotatable bonds is 1. The standard InChI is InChI=1S/C17H13BrO3/c1-17-13-6-3-9(16(19)20-2)7-12(13)15(21-17)11-5-4-10(18)8-14(11)17/h3-8,15H,1-2H3. The lowest BCUT2D eigenvalue weighted by atomic mass is 9.78. The van der Waals surface area contributed by atoms with Crippen LogP contribution in [0.5, 0.6) is 0 Å². The third-order valence-corrected chi connectivity index (χ3v) is 4.93. The molecule has 2 aromatic carbocycles. The van der Waals surface area contributed by atoms with Crippen molar-refractivity contribution in [2.45, 2.75) is 18.6 Å². The van der Waals surface area contributed by atoms with E-state index in [2.05, 4.69) is 35.0 Å². The molecule has 3 nitrogen and oxygen atoms in total. The number of halogens is 1. The van der Waals surface area contributed by atoms with Gasteiger partial charge in [0.2, 0.25) is 0 Å².